The Morgan fingerprint density at radius 3 is 2.67 bits per heavy atom. The van der Waals surface area contributed by atoms with Crippen LogP contribution < -0.4 is 20.3 Å². The van der Waals surface area contributed by atoms with Crippen molar-refractivity contribution in [1.29, 1.82) is 0 Å². The molecule has 0 atom stereocenters. The van der Waals surface area contributed by atoms with Gasteiger partial charge in [-0.2, -0.15) is 4.98 Å². The molecule has 3 aromatic rings. The normalized spacial score (nSPS) is 13.7. The smallest absolute Gasteiger partial charge is 0.233 e. The zero-order valence-electron chi connectivity index (χ0n) is 18.3. The van der Waals surface area contributed by atoms with E-state index in [4.69, 9.17) is 11.6 Å². The zero-order valence-corrected chi connectivity index (χ0v) is 19.9. The first-order chi connectivity index (χ1) is 15.8. The molecule has 0 fully saturated rings. The fraction of sp³-hybridized carbons (Fsp3) is 0.333. The molecule has 1 aromatic carbocycles. The summed E-state index contributed by atoms with van der Waals surface area (Å²) >= 11 is 6.29. The fourth-order valence-corrected chi connectivity index (χ4v) is 4.13. The van der Waals surface area contributed by atoms with Gasteiger partial charge in [-0.15, -0.1) is 0 Å². The minimum absolute atomic E-state index is 0.172. The average Bonchev–Trinajstić information content (AvgIpc) is 3.03. The standard InChI is InChI=1S/C21H25ClN8O2S/c1-30(33(2,31)32)20-18(24-9-10-25-20)13-26-19-17(22)12-27-21(29-19)28-16-4-3-14-5-7-23-8-6-15(14)11-16/h3-4,9-12,23H,5-8,13H2,1-2H3,(H2,26,27,28,29). The van der Waals surface area contributed by atoms with E-state index in [1.807, 2.05) is 6.07 Å². The minimum Gasteiger partial charge on any atom is -0.363 e. The summed E-state index contributed by atoms with van der Waals surface area (Å²) in [6.45, 7) is 2.12. The maximum atomic E-state index is 11.9. The second-order valence-electron chi connectivity index (χ2n) is 7.66. The highest BCUT2D eigenvalue weighted by molar-refractivity contribution is 7.92. The van der Waals surface area contributed by atoms with Gasteiger partial charge < -0.3 is 16.0 Å². The van der Waals surface area contributed by atoms with Gasteiger partial charge in [0.1, 0.15) is 10.7 Å². The number of nitrogens with zero attached hydrogens (tertiary/aromatic N) is 5. The molecular weight excluding hydrogens is 464 g/mol. The number of fused-ring (bicyclic) bond motifs is 1. The van der Waals surface area contributed by atoms with Gasteiger partial charge in [0.05, 0.1) is 19.0 Å². The van der Waals surface area contributed by atoms with Gasteiger partial charge in [0, 0.05) is 25.1 Å². The van der Waals surface area contributed by atoms with Crippen LogP contribution in [0.4, 0.5) is 23.3 Å². The van der Waals surface area contributed by atoms with Gasteiger partial charge in [0.15, 0.2) is 11.6 Å². The van der Waals surface area contributed by atoms with Crippen molar-refractivity contribution >= 4 is 44.9 Å². The van der Waals surface area contributed by atoms with E-state index in [9.17, 15) is 8.42 Å². The van der Waals surface area contributed by atoms with Gasteiger partial charge in [-0.3, -0.25) is 9.29 Å². The molecule has 174 valence electrons. The van der Waals surface area contributed by atoms with Crippen molar-refractivity contribution in [1.82, 2.24) is 25.3 Å². The maximum absolute atomic E-state index is 11.9. The number of rotatable bonds is 7. The van der Waals surface area contributed by atoms with E-state index in [0.717, 1.165) is 42.2 Å². The van der Waals surface area contributed by atoms with Crippen molar-refractivity contribution in [2.75, 3.05) is 41.3 Å². The van der Waals surface area contributed by atoms with Gasteiger partial charge in [0.2, 0.25) is 16.0 Å². The molecule has 0 bridgehead atoms. The largest absolute Gasteiger partial charge is 0.363 e. The Bertz CT molecular complexity index is 1250. The van der Waals surface area contributed by atoms with Crippen LogP contribution in [0.1, 0.15) is 16.8 Å². The van der Waals surface area contributed by atoms with E-state index in [-0.39, 0.29) is 12.4 Å². The molecular formula is C21H25ClN8O2S. The first-order valence-corrected chi connectivity index (χ1v) is 12.6. The zero-order chi connectivity index (χ0) is 23.4. The molecule has 3 heterocycles. The molecule has 2 aromatic heterocycles. The van der Waals surface area contributed by atoms with E-state index in [1.54, 1.807) is 0 Å². The SMILES string of the molecule is CN(c1nccnc1CNc1nc(Nc2ccc3c(c2)CCNCC3)ncc1Cl)S(C)(=O)=O. The van der Waals surface area contributed by atoms with Crippen molar-refractivity contribution in [3.05, 3.63) is 58.6 Å². The fourth-order valence-electron chi connectivity index (χ4n) is 3.50. The van der Waals surface area contributed by atoms with E-state index < -0.39 is 10.0 Å². The number of sulfonamides is 1. The molecule has 0 spiro atoms. The van der Waals surface area contributed by atoms with Crippen LogP contribution in [0.5, 0.6) is 0 Å². The summed E-state index contributed by atoms with van der Waals surface area (Å²) in [5.74, 6) is 1.02. The molecule has 33 heavy (non-hydrogen) atoms. The summed E-state index contributed by atoms with van der Waals surface area (Å²) in [7, 11) is -2.05. The van der Waals surface area contributed by atoms with Gasteiger partial charge >= 0.3 is 0 Å². The average molecular weight is 489 g/mol. The van der Waals surface area contributed by atoms with Crippen LogP contribution >= 0.6 is 11.6 Å². The van der Waals surface area contributed by atoms with Crippen molar-refractivity contribution < 1.29 is 8.42 Å². The lowest BCUT2D eigenvalue weighted by atomic mass is 10.0. The molecule has 10 nitrogen and oxygen atoms in total. The summed E-state index contributed by atoms with van der Waals surface area (Å²) in [6, 6.07) is 6.27. The number of anilines is 4. The highest BCUT2D eigenvalue weighted by Crippen LogP contribution is 2.25. The third-order valence-electron chi connectivity index (χ3n) is 5.32. The number of nitrogens with one attached hydrogen (secondary N) is 3. The Balaban J connectivity index is 1.51. The van der Waals surface area contributed by atoms with Crippen molar-refractivity contribution in [2.45, 2.75) is 19.4 Å². The van der Waals surface area contributed by atoms with Gasteiger partial charge in [0.25, 0.3) is 0 Å². The van der Waals surface area contributed by atoms with Gasteiger partial charge in [-0.1, -0.05) is 17.7 Å². The molecule has 0 unspecified atom stereocenters. The number of halogens is 1. The number of hydrogen-bond donors (Lipinski definition) is 3. The van der Waals surface area contributed by atoms with Crippen molar-refractivity contribution in [3.8, 4) is 0 Å². The van der Waals surface area contributed by atoms with Crippen LogP contribution in [0.15, 0.2) is 36.8 Å². The van der Waals surface area contributed by atoms with E-state index in [2.05, 4.69) is 48.0 Å². The Kier molecular flexibility index (Phi) is 6.91. The van der Waals surface area contributed by atoms with Crippen LogP contribution in [0.25, 0.3) is 0 Å². The molecule has 1 aliphatic heterocycles. The lowest BCUT2D eigenvalue weighted by Crippen LogP contribution is -2.27. The maximum Gasteiger partial charge on any atom is 0.233 e. The third kappa shape index (κ3) is 5.67. The summed E-state index contributed by atoms with van der Waals surface area (Å²) in [5.41, 5.74) is 4.00. The highest BCUT2D eigenvalue weighted by atomic mass is 35.5. The number of hydrogen-bond acceptors (Lipinski definition) is 9. The van der Waals surface area contributed by atoms with Gasteiger partial charge in [-0.05, 0) is 49.2 Å². The minimum atomic E-state index is -3.48. The molecule has 12 heteroatoms. The quantitative estimate of drug-likeness (QED) is 0.459. The number of benzene rings is 1. The summed E-state index contributed by atoms with van der Waals surface area (Å²) in [6.07, 6.45) is 7.54. The van der Waals surface area contributed by atoms with E-state index in [1.165, 1.54) is 36.8 Å². The van der Waals surface area contributed by atoms with Crippen LogP contribution in [0.3, 0.4) is 0 Å². The third-order valence-corrected chi connectivity index (χ3v) is 6.76. The van der Waals surface area contributed by atoms with Crippen LogP contribution in [0, 0.1) is 0 Å². The summed E-state index contributed by atoms with van der Waals surface area (Å²) < 4.78 is 24.9. The predicted octanol–water partition coefficient (Wildman–Crippen LogP) is 2.36. The lowest BCUT2D eigenvalue weighted by Gasteiger charge is -2.18. The Morgan fingerprint density at radius 2 is 1.88 bits per heavy atom. The predicted molar refractivity (Wildman–Crippen MR) is 130 cm³/mol. The second kappa shape index (κ2) is 9.86. The van der Waals surface area contributed by atoms with Crippen LogP contribution in [-0.2, 0) is 29.4 Å². The van der Waals surface area contributed by atoms with Crippen molar-refractivity contribution in [2.24, 2.45) is 0 Å². The Morgan fingerprint density at radius 1 is 1.12 bits per heavy atom. The molecule has 4 rings (SSSR count). The van der Waals surface area contributed by atoms with E-state index >= 15 is 0 Å². The first-order valence-electron chi connectivity index (χ1n) is 10.4. The Labute approximate surface area is 197 Å². The Hall–Kier alpha value is -3.02. The van der Waals surface area contributed by atoms with Crippen LogP contribution in [-0.4, -0.2) is 54.7 Å². The molecule has 0 amide bonds. The molecule has 1 aliphatic rings. The molecule has 0 saturated carbocycles. The summed E-state index contributed by atoms with van der Waals surface area (Å²) in [5, 5.41) is 10.1. The topological polar surface area (TPSA) is 125 Å². The lowest BCUT2D eigenvalue weighted by molar-refractivity contribution is 0.599. The molecule has 3 N–H and O–H groups in total. The molecule has 0 saturated heterocycles. The van der Waals surface area contributed by atoms with Crippen molar-refractivity contribution in [3.63, 3.8) is 0 Å². The van der Waals surface area contributed by atoms with Crippen LogP contribution in [0.2, 0.25) is 5.02 Å². The summed E-state index contributed by atoms with van der Waals surface area (Å²) in [4.78, 5) is 17.2. The number of aromatic nitrogens is 4. The second-order valence-corrected chi connectivity index (χ2v) is 10.1. The first kappa shape index (κ1) is 23.1. The highest BCUT2D eigenvalue weighted by Gasteiger charge is 2.18. The monoisotopic (exact) mass is 488 g/mol. The molecule has 0 radical (unpaired) electrons. The molecule has 0 aliphatic carbocycles. The van der Waals surface area contributed by atoms with E-state index in [0.29, 0.717) is 22.5 Å². The van der Waals surface area contributed by atoms with Gasteiger partial charge in [-0.25, -0.2) is 18.4 Å².